The summed E-state index contributed by atoms with van der Waals surface area (Å²) in [7, 11) is 1.75. The molecule has 0 unspecified atom stereocenters. The Morgan fingerprint density at radius 2 is 2.14 bits per heavy atom. The summed E-state index contributed by atoms with van der Waals surface area (Å²) in [5.74, 6) is 1.10. The fraction of sp³-hybridized carbons (Fsp3) is 0.250. The van der Waals surface area contributed by atoms with Gasteiger partial charge in [0.2, 0.25) is 0 Å². The molecule has 0 spiro atoms. The van der Waals surface area contributed by atoms with E-state index in [0.717, 1.165) is 12.2 Å². The monoisotopic (exact) mass is 283 g/mol. The predicted octanol–water partition coefficient (Wildman–Crippen LogP) is 1.74. The quantitative estimate of drug-likeness (QED) is 0.931. The maximum atomic E-state index is 12.3. The maximum absolute atomic E-state index is 12.3. The first-order chi connectivity index (χ1) is 10.1. The molecule has 5 heteroatoms. The summed E-state index contributed by atoms with van der Waals surface area (Å²) >= 11 is 0. The number of nitrogen functional groups attached to an aromatic ring is 1. The van der Waals surface area contributed by atoms with Crippen LogP contribution in [0.2, 0.25) is 0 Å². The maximum Gasteiger partial charge on any atom is 0.272 e. The summed E-state index contributed by atoms with van der Waals surface area (Å²) in [6, 6.07) is 13.0. The highest BCUT2D eigenvalue weighted by molar-refractivity contribution is 5.92. The number of aromatic nitrogens is 1. The number of amides is 1. The number of hydrogen-bond acceptors (Lipinski definition) is 4. The van der Waals surface area contributed by atoms with Gasteiger partial charge in [0, 0.05) is 13.5 Å². The fourth-order valence-corrected chi connectivity index (χ4v) is 2.51. The van der Waals surface area contributed by atoms with E-state index in [1.54, 1.807) is 30.1 Å². The van der Waals surface area contributed by atoms with E-state index in [9.17, 15) is 4.79 Å². The van der Waals surface area contributed by atoms with Gasteiger partial charge < -0.3 is 15.4 Å². The van der Waals surface area contributed by atoms with Crippen LogP contribution in [0.15, 0.2) is 42.5 Å². The molecule has 0 aliphatic carbocycles. The number of fused-ring (bicyclic) bond motifs is 1. The molecule has 2 aromatic rings. The number of ether oxygens (including phenoxy) is 1. The highest BCUT2D eigenvalue weighted by Crippen LogP contribution is 2.28. The number of rotatable bonds is 3. The normalized spacial score (nSPS) is 16.1. The van der Waals surface area contributed by atoms with E-state index >= 15 is 0 Å². The Labute approximate surface area is 123 Å². The van der Waals surface area contributed by atoms with Crippen LogP contribution in [0.5, 0.6) is 5.75 Å². The molecule has 1 amide bonds. The standard InChI is InChI=1S/C16H17N3O2/c1-19(16(20)13-6-4-8-15(17)18-13)10-12-9-11-5-2-3-7-14(11)21-12/h2-8,12H,9-10H2,1H3,(H2,17,18)/t12-/m1/s1. The summed E-state index contributed by atoms with van der Waals surface area (Å²) in [5.41, 5.74) is 7.15. The number of para-hydroxylation sites is 1. The molecule has 0 saturated heterocycles. The highest BCUT2D eigenvalue weighted by Gasteiger charge is 2.25. The van der Waals surface area contributed by atoms with Crippen molar-refractivity contribution in [2.24, 2.45) is 0 Å². The van der Waals surface area contributed by atoms with Crippen LogP contribution in [0.4, 0.5) is 5.82 Å². The first-order valence-electron chi connectivity index (χ1n) is 6.86. The molecule has 2 N–H and O–H groups in total. The molecule has 0 saturated carbocycles. The number of hydrogen-bond donors (Lipinski definition) is 1. The third-order valence-electron chi connectivity index (χ3n) is 3.53. The third kappa shape index (κ3) is 2.81. The van der Waals surface area contributed by atoms with Crippen LogP contribution in [0, 0.1) is 0 Å². The summed E-state index contributed by atoms with van der Waals surface area (Å²) in [4.78, 5) is 18.0. The molecule has 1 aliphatic rings. The molecule has 1 atom stereocenters. The zero-order valence-corrected chi connectivity index (χ0v) is 11.8. The van der Waals surface area contributed by atoms with E-state index in [4.69, 9.17) is 10.5 Å². The van der Waals surface area contributed by atoms with E-state index in [0.29, 0.717) is 18.1 Å². The Hall–Kier alpha value is -2.56. The number of carbonyl (C=O) groups is 1. The fourth-order valence-electron chi connectivity index (χ4n) is 2.51. The van der Waals surface area contributed by atoms with Gasteiger partial charge in [-0.2, -0.15) is 0 Å². The summed E-state index contributed by atoms with van der Waals surface area (Å²) in [6.07, 6.45) is 0.801. The van der Waals surface area contributed by atoms with E-state index in [2.05, 4.69) is 11.1 Å². The average Bonchev–Trinajstić information content (AvgIpc) is 2.88. The minimum atomic E-state index is -0.151. The van der Waals surface area contributed by atoms with Crippen LogP contribution >= 0.6 is 0 Å². The SMILES string of the molecule is CN(C[C@H]1Cc2ccccc2O1)C(=O)c1cccc(N)n1. The van der Waals surface area contributed by atoms with Gasteiger partial charge >= 0.3 is 0 Å². The number of pyridine rings is 1. The summed E-state index contributed by atoms with van der Waals surface area (Å²) in [5, 5.41) is 0. The van der Waals surface area contributed by atoms with E-state index < -0.39 is 0 Å². The molecule has 3 rings (SSSR count). The zero-order chi connectivity index (χ0) is 14.8. The molecule has 0 radical (unpaired) electrons. The topological polar surface area (TPSA) is 68.5 Å². The van der Waals surface area contributed by atoms with Crippen molar-refractivity contribution in [3.05, 3.63) is 53.7 Å². The Bertz CT molecular complexity index is 647. The van der Waals surface area contributed by atoms with Crippen LogP contribution in [0.3, 0.4) is 0 Å². The molecule has 108 valence electrons. The lowest BCUT2D eigenvalue weighted by Gasteiger charge is -2.20. The molecule has 5 nitrogen and oxygen atoms in total. The second-order valence-electron chi connectivity index (χ2n) is 5.19. The van der Waals surface area contributed by atoms with Crippen molar-refractivity contribution in [3.63, 3.8) is 0 Å². The van der Waals surface area contributed by atoms with Crippen LogP contribution in [0.1, 0.15) is 16.1 Å². The van der Waals surface area contributed by atoms with Crippen LogP contribution in [0.25, 0.3) is 0 Å². The van der Waals surface area contributed by atoms with Gasteiger partial charge in [0.1, 0.15) is 23.4 Å². The molecule has 1 aliphatic heterocycles. The van der Waals surface area contributed by atoms with Crippen molar-refractivity contribution in [1.82, 2.24) is 9.88 Å². The number of likely N-dealkylation sites (N-methyl/N-ethyl adjacent to an activating group) is 1. The van der Waals surface area contributed by atoms with Crippen molar-refractivity contribution in [2.45, 2.75) is 12.5 Å². The first kappa shape index (κ1) is 13.4. The Morgan fingerprint density at radius 3 is 2.90 bits per heavy atom. The van der Waals surface area contributed by atoms with Gasteiger partial charge in [-0.25, -0.2) is 4.98 Å². The second-order valence-corrected chi connectivity index (χ2v) is 5.19. The van der Waals surface area contributed by atoms with Gasteiger partial charge in [0.15, 0.2) is 0 Å². The molecule has 2 heterocycles. The van der Waals surface area contributed by atoms with Crippen molar-refractivity contribution in [3.8, 4) is 5.75 Å². The number of benzene rings is 1. The summed E-state index contributed by atoms with van der Waals surface area (Å²) < 4.78 is 5.85. The predicted molar refractivity (Wildman–Crippen MR) is 80.2 cm³/mol. The molecule has 21 heavy (non-hydrogen) atoms. The van der Waals surface area contributed by atoms with Crippen LogP contribution in [-0.4, -0.2) is 35.5 Å². The van der Waals surface area contributed by atoms with Gasteiger partial charge in [0.05, 0.1) is 6.54 Å². The van der Waals surface area contributed by atoms with Crippen molar-refractivity contribution in [2.75, 3.05) is 19.3 Å². The third-order valence-corrected chi connectivity index (χ3v) is 3.53. The highest BCUT2D eigenvalue weighted by atomic mass is 16.5. The second kappa shape index (κ2) is 5.44. The van der Waals surface area contributed by atoms with Gasteiger partial charge in [-0.15, -0.1) is 0 Å². The lowest BCUT2D eigenvalue weighted by molar-refractivity contribution is 0.0725. The zero-order valence-electron chi connectivity index (χ0n) is 11.8. The molecule has 1 aromatic heterocycles. The number of nitrogens with two attached hydrogens (primary N) is 1. The lowest BCUT2D eigenvalue weighted by Crippen LogP contribution is -2.36. The van der Waals surface area contributed by atoms with Crippen molar-refractivity contribution >= 4 is 11.7 Å². The van der Waals surface area contributed by atoms with E-state index in [-0.39, 0.29) is 12.0 Å². The van der Waals surface area contributed by atoms with Crippen LogP contribution in [-0.2, 0) is 6.42 Å². The molecule has 0 fully saturated rings. The van der Waals surface area contributed by atoms with Gasteiger partial charge in [-0.3, -0.25) is 4.79 Å². The van der Waals surface area contributed by atoms with Crippen molar-refractivity contribution < 1.29 is 9.53 Å². The minimum absolute atomic E-state index is 0.0163. The van der Waals surface area contributed by atoms with Gasteiger partial charge in [0.25, 0.3) is 5.91 Å². The molecular formula is C16H17N3O2. The smallest absolute Gasteiger partial charge is 0.272 e. The minimum Gasteiger partial charge on any atom is -0.488 e. The first-order valence-corrected chi connectivity index (χ1v) is 6.86. The van der Waals surface area contributed by atoms with E-state index in [1.165, 1.54) is 5.56 Å². The number of anilines is 1. The van der Waals surface area contributed by atoms with Gasteiger partial charge in [-0.05, 0) is 23.8 Å². The molecule has 1 aromatic carbocycles. The van der Waals surface area contributed by atoms with Gasteiger partial charge in [-0.1, -0.05) is 24.3 Å². The Kier molecular flexibility index (Phi) is 3.48. The lowest BCUT2D eigenvalue weighted by atomic mass is 10.1. The van der Waals surface area contributed by atoms with E-state index in [1.807, 2.05) is 18.2 Å². The molecule has 0 bridgehead atoms. The largest absolute Gasteiger partial charge is 0.488 e. The molecular weight excluding hydrogens is 266 g/mol. The van der Waals surface area contributed by atoms with Crippen molar-refractivity contribution in [1.29, 1.82) is 0 Å². The summed E-state index contributed by atoms with van der Waals surface area (Å²) in [6.45, 7) is 0.518. The average molecular weight is 283 g/mol. The number of carbonyl (C=O) groups excluding carboxylic acids is 1. The number of nitrogens with zero attached hydrogens (tertiary/aromatic N) is 2. The Morgan fingerprint density at radius 1 is 1.33 bits per heavy atom. The van der Waals surface area contributed by atoms with Crippen LogP contribution < -0.4 is 10.5 Å². The Balaban J connectivity index is 1.65.